The summed E-state index contributed by atoms with van der Waals surface area (Å²) in [5, 5.41) is 0.746. The number of hydrogen-bond donors (Lipinski definition) is 0. The van der Waals surface area contributed by atoms with Crippen molar-refractivity contribution < 1.29 is 4.79 Å². The summed E-state index contributed by atoms with van der Waals surface area (Å²) < 4.78 is 1.64. The van der Waals surface area contributed by atoms with Gasteiger partial charge in [-0.25, -0.2) is 4.98 Å². The Morgan fingerprint density at radius 3 is 2.47 bits per heavy atom. The Hall–Kier alpha value is -2.31. The van der Waals surface area contributed by atoms with Crippen LogP contribution in [0.15, 0.2) is 29.1 Å². The standard InChI is InChI=1S/C26H33N3O2S/c1-5-28(6-2)16-23-27-25-24(20-9-7-8-10-22(20)32-25)26(31)29(23)15-21(30)19-13-11-18(12-14-19)17(3)4/h11-14,17H,5-10,15-16H2,1-4H3. The van der Waals surface area contributed by atoms with Crippen molar-refractivity contribution in [1.29, 1.82) is 0 Å². The number of aryl methyl sites for hydroxylation is 2. The predicted molar refractivity (Wildman–Crippen MR) is 132 cm³/mol. The SMILES string of the molecule is CCN(CC)Cc1nc2sc3c(c2c(=O)n1CC(=O)c1ccc(C(C)C)cc1)CCCC3. The van der Waals surface area contributed by atoms with Crippen LogP contribution in [-0.4, -0.2) is 33.3 Å². The molecule has 3 aromatic rings. The highest BCUT2D eigenvalue weighted by atomic mass is 32.1. The van der Waals surface area contributed by atoms with Gasteiger partial charge < -0.3 is 0 Å². The monoisotopic (exact) mass is 451 g/mol. The second-order valence-electron chi connectivity index (χ2n) is 8.97. The van der Waals surface area contributed by atoms with Gasteiger partial charge in [0, 0.05) is 10.4 Å². The summed E-state index contributed by atoms with van der Waals surface area (Å²) in [6.07, 6.45) is 4.25. The molecule has 0 saturated heterocycles. The van der Waals surface area contributed by atoms with Crippen LogP contribution in [0, 0.1) is 0 Å². The minimum absolute atomic E-state index is 0.0318. The number of carbonyl (C=O) groups excluding carboxylic acids is 1. The van der Waals surface area contributed by atoms with Crippen LogP contribution in [0.2, 0.25) is 0 Å². The minimum atomic E-state index is -0.0521. The lowest BCUT2D eigenvalue weighted by molar-refractivity contribution is 0.0968. The molecule has 0 spiro atoms. The number of fused-ring (bicyclic) bond motifs is 3. The Labute approximate surface area is 194 Å². The number of hydrogen-bond acceptors (Lipinski definition) is 5. The number of rotatable bonds is 8. The highest BCUT2D eigenvalue weighted by molar-refractivity contribution is 7.18. The van der Waals surface area contributed by atoms with Gasteiger partial charge >= 0.3 is 0 Å². The lowest BCUT2D eigenvalue weighted by Gasteiger charge is -2.20. The van der Waals surface area contributed by atoms with E-state index in [2.05, 4.69) is 32.6 Å². The molecule has 0 fully saturated rings. The van der Waals surface area contributed by atoms with Crippen molar-refractivity contribution in [3.63, 3.8) is 0 Å². The Kier molecular flexibility index (Phi) is 6.91. The van der Waals surface area contributed by atoms with Gasteiger partial charge in [-0.2, -0.15) is 0 Å². The fourth-order valence-corrected chi connectivity index (χ4v) is 5.77. The van der Waals surface area contributed by atoms with Gasteiger partial charge in [-0.1, -0.05) is 52.0 Å². The van der Waals surface area contributed by atoms with Crippen molar-refractivity contribution >= 4 is 27.3 Å². The van der Waals surface area contributed by atoms with E-state index in [0.717, 1.165) is 42.6 Å². The van der Waals surface area contributed by atoms with Crippen LogP contribution in [0.1, 0.15) is 78.6 Å². The molecule has 0 atom stereocenters. The molecule has 2 aromatic heterocycles. The normalized spacial score (nSPS) is 13.8. The molecule has 6 heteroatoms. The Balaban J connectivity index is 1.77. The molecule has 1 aliphatic rings. The summed E-state index contributed by atoms with van der Waals surface area (Å²) >= 11 is 1.67. The first-order valence-electron chi connectivity index (χ1n) is 11.8. The van der Waals surface area contributed by atoms with Crippen LogP contribution < -0.4 is 5.56 Å². The summed E-state index contributed by atoms with van der Waals surface area (Å²) in [7, 11) is 0. The van der Waals surface area contributed by atoms with Gasteiger partial charge in [0.25, 0.3) is 5.56 Å². The van der Waals surface area contributed by atoms with Gasteiger partial charge in [-0.3, -0.25) is 19.1 Å². The van der Waals surface area contributed by atoms with Gasteiger partial charge in [0.2, 0.25) is 0 Å². The molecule has 4 rings (SSSR count). The van der Waals surface area contributed by atoms with E-state index < -0.39 is 0 Å². The summed E-state index contributed by atoms with van der Waals surface area (Å²) in [5.41, 5.74) is 2.96. The maximum atomic E-state index is 13.7. The highest BCUT2D eigenvalue weighted by Crippen LogP contribution is 2.34. The summed E-state index contributed by atoms with van der Waals surface area (Å²) in [4.78, 5) is 36.2. The lowest BCUT2D eigenvalue weighted by atomic mass is 9.97. The smallest absolute Gasteiger partial charge is 0.263 e. The van der Waals surface area contributed by atoms with Crippen LogP contribution in [-0.2, 0) is 25.9 Å². The summed E-state index contributed by atoms with van der Waals surface area (Å²) in [5.74, 6) is 1.06. The first-order chi connectivity index (χ1) is 15.4. The van der Waals surface area contributed by atoms with E-state index in [1.807, 2.05) is 24.3 Å². The predicted octanol–water partition coefficient (Wildman–Crippen LogP) is 5.18. The third kappa shape index (κ3) is 4.44. The van der Waals surface area contributed by atoms with E-state index in [0.29, 0.717) is 23.9 Å². The summed E-state index contributed by atoms with van der Waals surface area (Å²) in [6, 6.07) is 7.78. The number of Topliss-reactive ketones (excluding diaryl/α,β-unsaturated/α-hetero) is 1. The number of nitrogens with zero attached hydrogens (tertiary/aromatic N) is 3. The molecule has 5 nitrogen and oxygen atoms in total. The number of carbonyl (C=O) groups is 1. The molecule has 0 amide bonds. The van der Waals surface area contributed by atoms with Gasteiger partial charge in [-0.15, -0.1) is 11.3 Å². The number of ketones is 1. The second-order valence-corrected chi connectivity index (χ2v) is 10.1. The Morgan fingerprint density at radius 2 is 1.81 bits per heavy atom. The molecule has 0 aliphatic heterocycles. The molecule has 0 bridgehead atoms. The van der Waals surface area contributed by atoms with Crippen LogP contribution in [0.5, 0.6) is 0 Å². The molecule has 2 heterocycles. The largest absolute Gasteiger partial charge is 0.297 e. The third-order valence-electron chi connectivity index (χ3n) is 6.61. The van der Waals surface area contributed by atoms with Crippen molar-refractivity contribution in [2.45, 2.75) is 72.4 Å². The van der Waals surface area contributed by atoms with Crippen molar-refractivity contribution in [2.75, 3.05) is 13.1 Å². The first kappa shape index (κ1) is 22.9. The number of thiophene rings is 1. The second kappa shape index (κ2) is 9.67. The molecule has 0 N–H and O–H groups in total. The van der Waals surface area contributed by atoms with Gasteiger partial charge in [0.05, 0.1) is 18.5 Å². The van der Waals surface area contributed by atoms with Crippen LogP contribution in [0.3, 0.4) is 0 Å². The van der Waals surface area contributed by atoms with Crippen molar-refractivity contribution in [3.05, 3.63) is 62.0 Å². The zero-order chi connectivity index (χ0) is 22.8. The van der Waals surface area contributed by atoms with E-state index in [1.165, 1.54) is 22.4 Å². The van der Waals surface area contributed by atoms with E-state index in [4.69, 9.17) is 4.98 Å². The molecule has 170 valence electrons. The van der Waals surface area contributed by atoms with E-state index in [-0.39, 0.29) is 17.9 Å². The van der Waals surface area contributed by atoms with Crippen molar-refractivity contribution in [1.82, 2.24) is 14.5 Å². The zero-order valence-electron chi connectivity index (χ0n) is 19.6. The lowest BCUT2D eigenvalue weighted by Crippen LogP contribution is -2.33. The first-order valence-corrected chi connectivity index (χ1v) is 12.6. The molecular formula is C26H33N3O2S. The van der Waals surface area contributed by atoms with Crippen LogP contribution in [0.4, 0.5) is 0 Å². The van der Waals surface area contributed by atoms with Crippen LogP contribution >= 0.6 is 11.3 Å². The van der Waals surface area contributed by atoms with E-state index in [1.54, 1.807) is 15.9 Å². The van der Waals surface area contributed by atoms with E-state index in [9.17, 15) is 9.59 Å². The van der Waals surface area contributed by atoms with Gasteiger partial charge in [-0.05, 0) is 55.8 Å². The summed E-state index contributed by atoms with van der Waals surface area (Å²) in [6.45, 7) is 10.8. The third-order valence-corrected chi connectivity index (χ3v) is 7.80. The fraction of sp³-hybridized carbons (Fsp3) is 0.500. The molecule has 0 saturated carbocycles. The maximum absolute atomic E-state index is 13.7. The molecule has 1 aliphatic carbocycles. The van der Waals surface area contributed by atoms with Crippen molar-refractivity contribution in [2.24, 2.45) is 0 Å². The molecule has 0 radical (unpaired) electrons. The molecule has 0 unspecified atom stereocenters. The maximum Gasteiger partial charge on any atom is 0.263 e. The molecule has 32 heavy (non-hydrogen) atoms. The zero-order valence-corrected chi connectivity index (χ0v) is 20.4. The van der Waals surface area contributed by atoms with Crippen LogP contribution in [0.25, 0.3) is 10.2 Å². The minimum Gasteiger partial charge on any atom is -0.297 e. The van der Waals surface area contributed by atoms with Crippen molar-refractivity contribution in [3.8, 4) is 0 Å². The fourth-order valence-electron chi connectivity index (χ4n) is 4.50. The Bertz CT molecular complexity index is 1170. The van der Waals surface area contributed by atoms with E-state index >= 15 is 0 Å². The molecular weight excluding hydrogens is 418 g/mol. The average Bonchev–Trinajstić information content (AvgIpc) is 3.18. The van der Waals surface area contributed by atoms with Gasteiger partial charge in [0.15, 0.2) is 5.78 Å². The van der Waals surface area contributed by atoms with Gasteiger partial charge in [0.1, 0.15) is 10.7 Å². The quantitative estimate of drug-likeness (QED) is 0.443. The Morgan fingerprint density at radius 1 is 1.12 bits per heavy atom. The average molecular weight is 452 g/mol. The molecule has 1 aromatic carbocycles. The highest BCUT2D eigenvalue weighted by Gasteiger charge is 2.23. The topological polar surface area (TPSA) is 55.2 Å². The number of benzene rings is 1. The number of aromatic nitrogens is 2.